The summed E-state index contributed by atoms with van der Waals surface area (Å²) in [5.74, 6) is 0.0802. The van der Waals surface area contributed by atoms with Crippen molar-refractivity contribution >= 4 is 17.2 Å². The lowest BCUT2D eigenvalue weighted by atomic mass is 10.2. The van der Waals surface area contributed by atoms with E-state index in [2.05, 4.69) is 20.2 Å². The Balaban J connectivity index is 1.55. The molecule has 1 saturated heterocycles. The predicted molar refractivity (Wildman–Crippen MR) is 87.0 cm³/mol. The van der Waals surface area contributed by atoms with Crippen molar-refractivity contribution in [2.24, 2.45) is 0 Å². The zero-order chi connectivity index (χ0) is 15.5. The molecule has 116 valence electrons. The molecule has 0 aliphatic carbocycles. The summed E-state index contributed by atoms with van der Waals surface area (Å²) in [6, 6.07) is 3.74. The maximum atomic E-state index is 12.4. The van der Waals surface area contributed by atoms with Gasteiger partial charge in [0, 0.05) is 50.0 Å². The molecule has 3 rings (SSSR count). The Morgan fingerprint density at radius 3 is 2.59 bits per heavy atom. The monoisotopic (exact) mass is 316 g/mol. The van der Waals surface area contributed by atoms with Gasteiger partial charge in [-0.25, -0.2) is 4.98 Å². The van der Waals surface area contributed by atoms with E-state index < -0.39 is 0 Å². The van der Waals surface area contributed by atoms with Gasteiger partial charge in [-0.15, -0.1) is 11.3 Å². The van der Waals surface area contributed by atoms with Crippen molar-refractivity contribution in [2.75, 3.05) is 26.2 Å². The molecule has 0 N–H and O–H groups in total. The number of piperazine rings is 1. The highest BCUT2D eigenvalue weighted by Gasteiger charge is 2.22. The van der Waals surface area contributed by atoms with Crippen LogP contribution in [0.4, 0.5) is 0 Å². The van der Waals surface area contributed by atoms with Crippen LogP contribution < -0.4 is 0 Å². The summed E-state index contributed by atoms with van der Waals surface area (Å²) in [6.45, 7) is 8.13. The van der Waals surface area contributed by atoms with E-state index in [1.165, 1.54) is 0 Å². The van der Waals surface area contributed by atoms with Crippen molar-refractivity contribution in [3.05, 3.63) is 45.7 Å². The number of pyridine rings is 1. The topological polar surface area (TPSA) is 49.3 Å². The lowest BCUT2D eigenvalue weighted by Crippen LogP contribution is -2.48. The zero-order valence-corrected chi connectivity index (χ0v) is 13.8. The van der Waals surface area contributed by atoms with Gasteiger partial charge in [0.25, 0.3) is 5.91 Å². The second-order valence-electron chi connectivity index (χ2n) is 5.61. The Kier molecular flexibility index (Phi) is 4.49. The van der Waals surface area contributed by atoms with E-state index in [4.69, 9.17) is 0 Å². The van der Waals surface area contributed by atoms with Crippen LogP contribution in [-0.4, -0.2) is 51.9 Å². The first-order valence-corrected chi connectivity index (χ1v) is 8.35. The molecular formula is C16H20N4OS. The Bertz CT molecular complexity index is 644. The fraction of sp³-hybridized carbons (Fsp3) is 0.438. The van der Waals surface area contributed by atoms with E-state index >= 15 is 0 Å². The van der Waals surface area contributed by atoms with E-state index in [1.54, 1.807) is 17.5 Å². The molecule has 0 atom stereocenters. The third-order valence-corrected chi connectivity index (χ3v) is 4.69. The number of hydrogen-bond donors (Lipinski definition) is 0. The fourth-order valence-electron chi connectivity index (χ4n) is 2.60. The van der Waals surface area contributed by atoms with Crippen molar-refractivity contribution in [3.63, 3.8) is 0 Å². The molecule has 6 heteroatoms. The third-order valence-electron chi connectivity index (χ3n) is 3.87. The molecule has 1 aliphatic heterocycles. The summed E-state index contributed by atoms with van der Waals surface area (Å²) < 4.78 is 0. The Morgan fingerprint density at radius 2 is 2.00 bits per heavy atom. The van der Waals surface area contributed by atoms with Gasteiger partial charge in [0.2, 0.25) is 0 Å². The lowest BCUT2D eigenvalue weighted by molar-refractivity contribution is 0.0627. The second-order valence-corrected chi connectivity index (χ2v) is 6.68. The van der Waals surface area contributed by atoms with Gasteiger partial charge in [0.15, 0.2) is 0 Å². The fourth-order valence-corrected chi connectivity index (χ4v) is 3.20. The molecule has 1 amide bonds. The van der Waals surface area contributed by atoms with Gasteiger partial charge >= 0.3 is 0 Å². The van der Waals surface area contributed by atoms with Crippen LogP contribution in [0.2, 0.25) is 0 Å². The maximum absolute atomic E-state index is 12.4. The maximum Gasteiger partial charge on any atom is 0.255 e. The molecule has 5 nitrogen and oxygen atoms in total. The quantitative estimate of drug-likeness (QED) is 0.870. The van der Waals surface area contributed by atoms with Gasteiger partial charge in [-0.05, 0) is 26.0 Å². The van der Waals surface area contributed by atoms with Crippen LogP contribution in [0.15, 0.2) is 23.7 Å². The first kappa shape index (κ1) is 15.1. The smallest absolute Gasteiger partial charge is 0.255 e. The zero-order valence-electron chi connectivity index (χ0n) is 13.0. The summed E-state index contributed by atoms with van der Waals surface area (Å²) in [6.07, 6.45) is 1.67. The van der Waals surface area contributed by atoms with E-state index in [0.717, 1.165) is 49.1 Å². The van der Waals surface area contributed by atoms with Crippen molar-refractivity contribution in [3.8, 4) is 0 Å². The molecule has 0 saturated carbocycles. The largest absolute Gasteiger partial charge is 0.336 e. The average molecular weight is 316 g/mol. The summed E-state index contributed by atoms with van der Waals surface area (Å²) >= 11 is 1.69. The Hall–Kier alpha value is -1.79. The van der Waals surface area contributed by atoms with Crippen molar-refractivity contribution < 1.29 is 4.79 Å². The molecule has 0 bridgehead atoms. The third kappa shape index (κ3) is 3.51. The highest BCUT2D eigenvalue weighted by molar-refractivity contribution is 7.09. The number of nitrogens with zero attached hydrogens (tertiary/aromatic N) is 4. The van der Waals surface area contributed by atoms with Crippen LogP contribution in [-0.2, 0) is 6.54 Å². The molecule has 0 radical (unpaired) electrons. The Labute approximate surface area is 134 Å². The summed E-state index contributed by atoms with van der Waals surface area (Å²) in [4.78, 5) is 25.4. The molecule has 0 spiro atoms. The van der Waals surface area contributed by atoms with Gasteiger partial charge in [-0.2, -0.15) is 0 Å². The van der Waals surface area contributed by atoms with Gasteiger partial charge in [-0.3, -0.25) is 14.7 Å². The van der Waals surface area contributed by atoms with Crippen LogP contribution in [0.25, 0.3) is 0 Å². The lowest BCUT2D eigenvalue weighted by Gasteiger charge is -2.34. The minimum Gasteiger partial charge on any atom is -0.336 e. The first-order valence-electron chi connectivity index (χ1n) is 7.47. The number of hydrogen-bond acceptors (Lipinski definition) is 5. The first-order chi connectivity index (χ1) is 10.6. The van der Waals surface area contributed by atoms with Gasteiger partial charge in [0.1, 0.15) is 0 Å². The highest BCUT2D eigenvalue weighted by atomic mass is 32.1. The van der Waals surface area contributed by atoms with Gasteiger partial charge in [-0.1, -0.05) is 0 Å². The molecule has 2 aromatic heterocycles. The van der Waals surface area contributed by atoms with Crippen molar-refractivity contribution in [2.45, 2.75) is 20.4 Å². The molecule has 22 heavy (non-hydrogen) atoms. The Morgan fingerprint density at radius 1 is 1.23 bits per heavy atom. The number of aromatic nitrogens is 2. The number of amides is 1. The molecule has 3 heterocycles. The number of rotatable bonds is 3. The molecule has 0 unspecified atom stereocenters. The van der Waals surface area contributed by atoms with E-state index in [-0.39, 0.29) is 5.91 Å². The number of carbonyl (C=O) groups is 1. The summed E-state index contributed by atoms with van der Waals surface area (Å²) in [7, 11) is 0. The van der Waals surface area contributed by atoms with E-state index in [1.807, 2.05) is 30.9 Å². The number of carbonyl (C=O) groups excluding carboxylic acids is 1. The van der Waals surface area contributed by atoms with Crippen molar-refractivity contribution in [1.82, 2.24) is 19.8 Å². The van der Waals surface area contributed by atoms with Crippen molar-refractivity contribution in [1.29, 1.82) is 0 Å². The molecular weight excluding hydrogens is 296 g/mol. The van der Waals surface area contributed by atoms with Gasteiger partial charge < -0.3 is 4.90 Å². The SMILES string of the molecule is Cc1ccc(C(=O)N2CCN(Cc3csc(C)n3)CC2)cn1. The minimum atomic E-state index is 0.0802. The van der Waals surface area contributed by atoms with Crippen LogP contribution in [0.1, 0.15) is 26.8 Å². The van der Waals surface area contributed by atoms with Gasteiger partial charge in [0.05, 0.1) is 16.3 Å². The van der Waals surface area contributed by atoms with E-state index in [9.17, 15) is 4.79 Å². The van der Waals surface area contributed by atoms with Crippen LogP contribution >= 0.6 is 11.3 Å². The molecule has 0 aromatic carbocycles. The molecule has 1 fully saturated rings. The average Bonchev–Trinajstić information content (AvgIpc) is 2.93. The predicted octanol–water partition coefficient (Wildman–Crippen LogP) is 2.11. The summed E-state index contributed by atoms with van der Waals surface area (Å²) in [5, 5.41) is 3.22. The molecule has 2 aromatic rings. The minimum absolute atomic E-state index is 0.0802. The number of aryl methyl sites for hydroxylation is 2. The highest BCUT2D eigenvalue weighted by Crippen LogP contribution is 2.13. The van der Waals surface area contributed by atoms with Crippen LogP contribution in [0, 0.1) is 13.8 Å². The van der Waals surface area contributed by atoms with Crippen LogP contribution in [0.3, 0.4) is 0 Å². The molecule has 1 aliphatic rings. The number of thiazole rings is 1. The normalized spacial score (nSPS) is 16.0. The summed E-state index contributed by atoms with van der Waals surface area (Å²) in [5.41, 5.74) is 2.74. The standard InChI is InChI=1S/C16H20N4OS/c1-12-3-4-14(9-17-12)16(21)20-7-5-19(6-8-20)10-15-11-22-13(2)18-15/h3-4,9,11H,5-8,10H2,1-2H3. The van der Waals surface area contributed by atoms with E-state index in [0.29, 0.717) is 5.56 Å². The van der Waals surface area contributed by atoms with Crippen LogP contribution in [0.5, 0.6) is 0 Å². The second kappa shape index (κ2) is 6.54.